The van der Waals surface area contributed by atoms with Crippen molar-refractivity contribution in [2.24, 2.45) is 0 Å². The molecule has 0 heterocycles. The van der Waals surface area contributed by atoms with Crippen molar-refractivity contribution in [1.29, 1.82) is 0 Å². The quantitative estimate of drug-likeness (QED) is 0.162. The van der Waals surface area contributed by atoms with E-state index in [1.54, 1.807) is 0 Å². The molecule has 4 atom stereocenters. The zero-order chi connectivity index (χ0) is 18.0. The molecule has 0 aliphatic rings. The molecule has 0 amide bonds. The summed E-state index contributed by atoms with van der Waals surface area (Å²) in [6.07, 6.45) is -1.71. The minimum absolute atomic E-state index is 0.0435. The fraction of sp³-hybridized carbons (Fsp3) is 0.857. The van der Waals surface area contributed by atoms with Crippen LogP contribution in [0.5, 0.6) is 0 Å². The maximum atomic E-state index is 11.2. The van der Waals surface area contributed by atoms with Crippen molar-refractivity contribution in [1.82, 2.24) is 5.32 Å². The summed E-state index contributed by atoms with van der Waals surface area (Å²) in [5.41, 5.74) is -2.96. The third kappa shape index (κ3) is 6.80. The van der Waals surface area contributed by atoms with Gasteiger partial charge in [0.15, 0.2) is 6.10 Å². The second-order valence-corrected chi connectivity index (χ2v) is 5.48. The first-order valence-electron chi connectivity index (χ1n) is 7.66. The summed E-state index contributed by atoms with van der Waals surface area (Å²) in [6.45, 7) is 2.12. The molecule has 4 unspecified atom stereocenters. The minimum atomic E-state index is -2.96. The van der Waals surface area contributed by atoms with Gasteiger partial charge >= 0.3 is 11.9 Å². The number of aliphatic carboxylic acids is 2. The smallest absolute Gasteiger partial charge is 0.354 e. The third-order valence-electron chi connectivity index (χ3n) is 3.58. The van der Waals surface area contributed by atoms with Crippen molar-refractivity contribution in [2.75, 3.05) is 6.54 Å². The lowest BCUT2D eigenvalue weighted by Gasteiger charge is -2.33. The molecule has 0 fully saturated rings. The molecule has 0 aromatic heterocycles. The number of carbonyl (C=O) groups is 2. The maximum Gasteiger partial charge on any atom is 0.354 e. The molecule has 0 saturated carbocycles. The molecule has 0 aromatic rings. The zero-order valence-electron chi connectivity index (χ0n) is 13.2. The highest BCUT2D eigenvalue weighted by Crippen LogP contribution is 2.15. The fourth-order valence-electron chi connectivity index (χ4n) is 2.06. The number of aliphatic hydroxyl groups excluding tert-OH is 3. The monoisotopic (exact) mass is 337 g/mol. The zero-order valence-corrected chi connectivity index (χ0v) is 13.2. The second-order valence-electron chi connectivity index (χ2n) is 5.48. The Balaban J connectivity index is 4.55. The summed E-state index contributed by atoms with van der Waals surface area (Å²) in [5, 5.41) is 58.2. The van der Waals surface area contributed by atoms with E-state index in [1.165, 1.54) is 0 Å². The second kappa shape index (κ2) is 10.5. The van der Waals surface area contributed by atoms with Crippen molar-refractivity contribution >= 4 is 11.9 Å². The molecule has 0 aliphatic heterocycles. The van der Waals surface area contributed by atoms with E-state index in [9.17, 15) is 24.9 Å². The highest BCUT2D eigenvalue weighted by atomic mass is 16.4. The lowest BCUT2D eigenvalue weighted by atomic mass is 9.97. The number of carboxylic acid groups (broad SMARTS) is 2. The highest BCUT2D eigenvalue weighted by molar-refractivity contribution is 5.78. The Kier molecular flexibility index (Phi) is 9.93. The number of aliphatic hydroxyl groups is 4. The van der Waals surface area contributed by atoms with Crippen LogP contribution >= 0.6 is 0 Å². The van der Waals surface area contributed by atoms with Crippen LogP contribution in [0.2, 0.25) is 0 Å². The van der Waals surface area contributed by atoms with Crippen molar-refractivity contribution < 1.29 is 40.2 Å². The van der Waals surface area contributed by atoms with Gasteiger partial charge in [-0.1, -0.05) is 39.0 Å². The summed E-state index contributed by atoms with van der Waals surface area (Å²) in [4.78, 5) is 21.7. The van der Waals surface area contributed by atoms with Crippen LogP contribution in [-0.4, -0.2) is 73.2 Å². The van der Waals surface area contributed by atoms with E-state index in [1.807, 2.05) is 0 Å². The summed E-state index contributed by atoms with van der Waals surface area (Å²) in [7, 11) is 0. The first kappa shape index (κ1) is 21.7. The minimum Gasteiger partial charge on any atom is -0.479 e. The lowest BCUT2D eigenvalue weighted by Crippen LogP contribution is -2.66. The summed E-state index contributed by atoms with van der Waals surface area (Å²) < 4.78 is 0. The Labute approximate surface area is 134 Å². The average molecular weight is 337 g/mol. The predicted molar refractivity (Wildman–Crippen MR) is 79.6 cm³/mol. The van der Waals surface area contributed by atoms with E-state index in [0.29, 0.717) is 6.42 Å². The van der Waals surface area contributed by atoms with E-state index in [0.717, 1.165) is 32.1 Å². The Morgan fingerprint density at radius 2 is 1.52 bits per heavy atom. The van der Waals surface area contributed by atoms with Gasteiger partial charge in [0.05, 0.1) is 0 Å². The van der Waals surface area contributed by atoms with Crippen LogP contribution in [0.15, 0.2) is 0 Å². The van der Waals surface area contributed by atoms with Crippen molar-refractivity contribution in [2.45, 2.75) is 69.5 Å². The molecule has 0 bridgehead atoms. The van der Waals surface area contributed by atoms with E-state index in [4.69, 9.17) is 15.3 Å². The number of hydrogen-bond acceptors (Lipinski definition) is 7. The standard InChI is InChI=1S/C14H27NO8/c1-2-3-4-5-6-7-8-15-14(23,13(21)22)11(18)9(16)10(17)12(19)20/h9-11,15-18,23H,2-8H2,1H3,(H,19,20)(H,21,22). The van der Waals surface area contributed by atoms with Gasteiger partial charge in [0.25, 0.3) is 0 Å². The topological polar surface area (TPSA) is 168 Å². The molecule has 0 rings (SSSR count). The van der Waals surface area contributed by atoms with Crippen LogP contribution in [0.4, 0.5) is 0 Å². The Morgan fingerprint density at radius 3 is 2.00 bits per heavy atom. The van der Waals surface area contributed by atoms with Crippen molar-refractivity contribution in [3.05, 3.63) is 0 Å². The van der Waals surface area contributed by atoms with E-state index in [-0.39, 0.29) is 6.54 Å². The normalized spacial score (nSPS) is 18.0. The van der Waals surface area contributed by atoms with Crippen molar-refractivity contribution in [3.63, 3.8) is 0 Å². The predicted octanol–water partition coefficient (Wildman–Crippen LogP) is -1.12. The molecule has 0 saturated heterocycles. The van der Waals surface area contributed by atoms with Crippen LogP contribution in [0.25, 0.3) is 0 Å². The molecular formula is C14H27NO8. The van der Waals surface area contributed by atoms with Gasteiger partial charge in [-0.05, 0) is 13.0 Å². The Morgan fingerprint density at radius 1 is 1.00 bits per heavy atom. The molecule has 136 valence electrons. The molecular weight excluding hydrogens is 310 g/mol. The van der Waals surface area contributed by atoms with Crippen molar-refractivity contribution in [3.8, 4) is 0 Å². The highest BCUT2D eigenvalue weighted by Gasteiger charge is 2.49. The van der Waals surface area contributed by atoms with Gasteiger partial charge in [-0.3, -0.25) is 5.32 Å². The van der Waals surface area contributed by atoms with Gasteiger partial charge < -0.3 is 30.6 Å². The summed E-state index contributed by atoms with van der Waals surface area (Å²) in [6, 6.07) is 0. The average Bonchev–Trinajstić information content (AvgIpc) is 2.51. The summed E-state index contributed by atoms with van der Waals surface area (Å²) >= 11 is 0. The Hall–Kier alpha value is -1.26. The van der Waals surface area contributed by atoms with E-state index >= 15 is 0 Å². The first-order valence-corrected chi connectivity index (χ1v) is 7.66. The van der Waals surface area contributed by atoms with Gasteiger partial charge in [0, 0.05) is 0 Å². The van der Waals surface area contributed by atoms with Crippen LogP contribution in [-0.2, 0) is 9.59 Å². The number of hydrogen-bond donors (Lipinski definition) is 7. The molecule has 0 radical (unpaired) electrons. The molecule has 0 spiro atoms. The van der Waals surface area contributed by atoms with Gasteiger partial charge in [-0.25, -0.2) is 9.59 Å². The third-order valence-corrected chi connectivity index (χ3v) is 3.58. The van der Waals surface area contributed by atoms with Crippen LogP contribution < -0.4 is 5.32 Å². The lowest BCUT2D eigenvalue weighted by molar-refractivity contribution is -0.200. The van der Waals surface area contributed by atoms with E-state index in [2.05, 4.69) is 12.2 Å². The number of unbranched alkanes of at least 4 members (excludes halogenated alkanes) is 5. The van der Waals surface area contributed by atoms with Gasteiger partial charge in [0.1, 0.15) is 12.2 Å². The SMILES string of the molecule is CCCCCCCCNC(O)(C(=O)O)C(O)C(O)C(O)C(=O)O. The first-order chi connectivity index (χ1) is 10.7. The molecule has 0 aliphatic carbocycles. The van der Waals surface area contributed by atoms with E-state index < -0.39 is 36.0 Å². The Bertz CT molecular complexity index is 378. The molecule has 7 N–H and O–H groups in total. The van der Waals surface area contributed by atoms with Crippen LogP contribution in [0, 0.1) is 0 Å². The molecule has 9 heteroatoms. The van der Waals surface area contributed by atoms with Gasteiger partial charge in [-0.15, -0.1) is 0 Å². The number of nitrogens with one attached hydrogen (secondary N) is 1. The summed E-state index contributed by atoms with van der Waals surface area (Å²) in [5.74, 6) is -3.73. The molecule has 23 heavy (non-hydrogen) atoms. The largest absolute Gasteiger partial charge is 0.479 e. The van der Waals surface area contributed by atoms with Crippen LogP contribution in [0.3, 0.4) is 0 Å². The fourth-order valence-corrected chi connectivity index (χ4v) is 2.06. The molecule has 9 nitrogen and oxygen atoms in total. The van der Waals surface area contributed by atoms with Gasteiger partial charge in [0.2, 0.25) is 5.72 Å². The number of carboxylic acids is 2. The van der Waals surface area contributed by atoms with Gasteiger partial charge in [-0.2, -0.15) is 0 Å². The van der Waals surface area contributed by atoms with Crippen LogP contribution in [0.1, 0.15) is 45.4 Å². The number of rotatable bonds is 13. The molecule has 0 aromatic carbocycles. The maximum absolute atomic E-state index is 11.2.